The lowest BCUT2D eigenvalue weighted by Crippen LogP contribution is -2.44. The van der Waals surface area contributed by atoms with E-state index < -0.39 is 5.60 Å². The Bertz CT molecular complexity index is 608. The Morgan fingerprint density at radius 2 is 2.27 bits per heavy atom. The molecule has 0 aliphatic rings. The standard InChI is InChI=1S/C15H21N3O2S2/c1-4-12(13-17-10(2)7-22-13)18-14(19)16-9-15(3,20)11-5-6-21-8-11/h5-8,12,20H,4,9H2,1-3H3,(H2,16,18,19). The van der Waals surface area contributed by atoms with Crippen LogP contribution in [0.25, 0.3) is 0 Å². The molecule has 7 heteroatoms. The second kappa shape index (κ2) is 7.21. The quantitative estimate of drug-likeness (QED) is 0.757. The number of aromatic nitrogens is 1. The van der Waals surface area contributed by atoms with Gasteiger partial charge in [-0.15, -0.1) is 11.3 Å². The summed E-state index contributed by atoms with van der Waals surface area (Å²) >= 11 is 3.06. The van der Waals surface area contributed by atoms with Crippen LogP contribution in [-0.2, 0) is 5.60 Å². The number of aryl methyl sites for hydroxylation is 1. The number of rotatable bonds is 6. The minimum Gasteiger partial charge on any atom is -0.384 e. The van der Waals surface area contributed by atoms with Gasteiger partial charge in [-0.25, -0.2) is 9.78 Å². The van der Waals surface area contributed by atoms with Crippen LogP contribution >= 0.6 is 22.7 Å². The molecule has 0 spiro atoms. The van der Waals surface area contributed by atoms with Crippen LogP contribution < -0.4 is 10.6 Å². The monoisotopic (exact) mass is 339 g/mol. The van der Waals surface area contributed by atoms with Crippen molar-refractivity contribution >= 4 is 28.7 Å². The maximum atomic E-state index is 12.1. The van der Waals surface area contributed by atoms with E-state index in [0.717, 1.165) is 22.7 Å². The molecule has 2 heterocycles. The van der Waals surface area contributed by atoms with Crippen molar-refractivity contribution in [2.45, 2.75) is 38.8 Å². The maximum Gasteiger partial charge on any atom is 0.315 e. The predicted molar refractivity (Wildman–Crippen MR) is 90.3 cm³/mol. The van der Waals surface area contributed by atoms with Crippen LogP contribution in [0.5, 0.6) is 0 Å². The molecule has 0 saturated heterocycles. The molecule has 0 aromatic carbocycles. The fourth-order valence-electron chi connectivity index (χ4n) is 2.01. The molecule has 0 bridgehead atoms. The molecule has 0 aliphatic heterocycles. The number of hydrogen-bond acceptors (Lipinski definition) is 5. The lowest BCUT2D eigenvalue weighted by molar-refractivity contribution is 0.0597. The third kappa shape index (κ3) is 4.28. The molecule has 2 rings (SSSR count). The number of carbonyl (C=O) groups is 1. The zero-order valence-electron chi connectivity index (χ0n) is 12.9. The van der Waals surface area contributed by atoms with Crippen molar-refractivity contribution in [2.75, 3.05) is 6.54 Å². The molecule has 0 aliphatic carbocycles. The van der Waals surface area contributed by atoms with Crippen molar-refractivity contribution in [3.05, 3.63) is 38.5 Å². The highest BCUT2D eigenvalue weighted by atomic mass is 32.1. The van der Waals surface area contributed by atoms with Gasteiger partial charge in [0.25, 0.3) is 0 Å². The maximum absolute atomic E-state index is 12.1. The lowest BCUT2D eigenvalue weighted by atomic mass is 9.99. The molecule has 5 nitrogen and oxygen atoms in total. The number of carbonyl (C=O) groups excluding carboxylic acids is 1. The first-order valence-corrected chi connectivity index (χ1v) is 8.96. The summed E-state index contributed by atoms with van der Waals surface area (Å²) in [4.78, 5) is 16.5. The van der Waals surface area contributed by atoms with Gasteiger partial charge >= 0.3 is 6.03 Å². The summed E-state index contributed by atoms with van der Waals surface area (Å²) in [7, 11) is 0. The predicted octanol–water partition coefficient (Wildman–Crippen LogP) is 3.17. The van der Waals surface area contributed by atoms with E-state index in [4.69, 9.17) is 0 Å². The minimum atomic E-state index is -1.07. The Morgan fingerprint density at radius 3 is 2.82 bits per heavy atom. The van der Waals surface area contributed by atoms with Crippen molar-refractivity contribution < 1.29 is 9.90 Å². The third-order valence-corrected chi connectivity index (χ3v) is 5.14. The topological polar surface area (TPSA) is 74.2 Å². The molecular formula is C15H21N3O2S2. The van der Waals surface area contributed by atoms with Crippen LogP contribution in [0.1, 0.15) is 42.6 Å². The summed E-state index contributed by atoms with van der Waals surface area (Å²) in [6, 6.07) is 1.46. The Kier molecular flexibility index (Phi) is 5.55. The highest BCUT2D eigenvalue weighted by Gasteiger charge is 2.25. The number of amides is 2. The van der Waals surface area contributed by atoms with Crippen molar-refractivity contribution in [3.8, 4) is 0 Å². The van der Waals surface area contributed by atoms with Gasteiger partial charge in [0.1, 0.15) is 10.6 Å². The van der Waals surface area contributed by atoms with Gasteiger partial charge in [-0.3, -0.25) is 0 Å². The first-order chi connectivity index (χ1) is 10.4. The van der Waals surface area contributed by atoms with Crippen LogP contribution in [0, 0.1) is 6.92 Å². The normalized spacial score (nSPS) is 15.1. The van der Waals surface area contributed by atoms with E-state index in [1.54, 1.807) is 18.3 Å². The lowest BCUT2D eigenvalue weighted by Gasteiger charge is -2.23. The highest BCUT2D eigenvalue weighted by Crippen LogP contribution is 2.23. The van der Waals surface area contributed by atoms with Gasteiger partial charge in [-0.2, -0.15) is 11.3 Å². The van der Waals surface area contributed by atoms with E-state index >= 15 is 0 Å². The highest BCUT2D eigenvalue weighted by molar-refractivity contribution is 7.09. The molecule has 22 heavy (non-hydrogen) atoms. The fraction of sp³-hybridized carbons (Fsp3) is 0.467. The molecule has 0 fully saturated rings. The van der Waals surface area contributed by atoms with E-state index in [1.807, 2.05) is 36.1 Å². The molecule has 2 amide bonds. The molecule has 0 saturated carbocycles. The summed E-state index contributed by atoms with van der Waals surface area (Å²) in [5, 5.41) is 22.7. The van der Waals surface area contributed by atoms with E-state index in [2.05, 4.69) is 15.6 Å². The summed E-state index contributed by atoms with van der Waals surface area (Å²) in [5.41, 5.74) is 0.693. The van der Waals surface area contributed by atoms with E-state index in [9.17, 15) is 9.90 Å². The SMILES string of the molecule is CCC(NC(=O)NCC(C)(O)c1ccsc1)c1nc(C)cs1. The first-order valence-electron chi connectivity index (χ1n) is 7.14. The number of hydrogen-bond donors (Lipinski definition) is 3. The Hall–Kier alpha value is -1.44. The van der Waals surface area contributed by atoms with Crippen molar-refractivity contribution in [3.63, 3.8) is 0 Å². The van der Waals surface area contributed by atoms with Crippen molar-refractivity contribution in [1.82, 2.24) is 15.6 Å². The summed E-state index contributed by atoms with van der Waals surface area (Å²) < 4.78 is 0. The Balaban J connectivity index is 1.89. The van der Waals surface area contributed by atoms with Gasteiger partial charge in [0.05, 0.1) is 12.6 Å². The second-order valence-electron chi connectivity index (χ2n) is 5.40. The molecule has 0 radical (unpaired) electrons. The van der Waals surface area contributed by atoms with Crippen LogP contribution in [0.3, 0.4) is 0 Å². The Morgan fingerprint density at radius 1 is 1.50 bits per heavy atom. The molecule has 2 unspecified atom stereocenters. The summed E-state index contributed by atoms with van der Waals surface area (Å²) in [6.45, 7) is 5.79. The number of thiophene rings is 1. The number of thiazole rings is 1. The number of nitrogens with zero attached hydrogens (tertiary/aromatic N) is 1. The van der Waals surface area contributed by atoms with Crippen molar-refractivity contribution in [2.24, 2.45) is 0 Å². The Labute approximate surface area is 138 Å². The molecule has 3 N–H and O–H groups in total. The van der Waals surface area contributed by atoms with Gasteiger partial charge in [0.2, 0.25) is 0 Å². The fourth-order valence-corrected chi connectivity index (χ4v) is 3.72. The van der Waals surface area contributed by atoms with Gasteiger partial charge in [-0.05, 0) is 42.7 Å². The first kappa shape index (κ1) is 16.9. The molecule has 120 valence electrons. The molecule has 2 aromatic heterocycles. The van der Waals surface area contributed by atoms with Gasteiger partial charge in [0.15, 0.2) is 0 Å². The van der Waals surface area contributed by atoms with Crippen LogP contribution in [0.2, 0.25) is 0 Å². The molecule has 2 aromatic rings. The minimum absolute atomic E-state index is 0.107. The number of aliphatic hydroxyl groups is 1. The van der Waals surface area contributed by atoms with E-state index in [-0.39, 0.29) is 18.6 Å². The third-order valence-electron chi connectivity index (χ3n) is 3.38. The zero-order valence-corrected chi connectivity index (χ0v) is 14.6. The second-order valence-corrected chi connectivity index (χ2v) is 7.07. The summed E-state index contributed by atoms with van der Waals surface area (Å²) in [5.74, 6) is 0. The van der Waals surface area contributed by atoms with E-state index in [1.165, 1.54) is 11.3 Å². The van der Waals surface area contributed by atoms with Gasteiger partial charge in [0, 0.05) is 11.1 Å². The number of nitrogens with one attached hydrogen (secondary N) is 2. The van der Waals surface area contributed by atoms with Crippen LogP contribution in [0.15, 0.2) is 22.2 Å². The van der Waals surface area contributed by atoms with E-state index in [0.29, 0.717) is 0 Å². The summed E-state index contributed by atoms with van der Waals surface area (Å²) in [6.07, 6.45) is 0.765. The molecule has 2 atom stereocenters. The molecular weight excluding hydrogens is 318 g/mol. The van der Waals surface area contributed by atoms with Crippen LogP contribution in [-0.4, -0.2) is 22.7 Å². The van der Waals surface area contributed by atoms with Crippen molar-refractivity contribution in [1.29, 1.82) is 0 Å². The smallest absolute Gasteiger partial charge is 0.315 e. The number of urea groups is 1. The average Bonchev–Trinajstić information content (AvgIpc) is 3.14. The largest absolute Gasteiger partial charge is 0.384 e. The van der Waals surface area contributed by atoms with Crippen LogP contribution in [0.4, 0.5) is 4.79 Å². The van der Waals surface area contributed by atoms with Gasteiger partial charge < -0.3 is 15.7 Å². The van der Waals surface area contributed by atoms with Gasteiger partial charge in [-0.1, -0.05) is 6.92 Å². The zero-order chi connectivity index (χ0) is 16.2. The average molecular weight is 339 g/mol.